The highest BCUT2D eigenvalue weighted by Crippen LogP contribution is 2.33. The number of ether oxygens (including phenoxy) is 7. The predicted octanol–water partition coefficient (Wildman–Crippen LogP) is 0.168. The molecule has 0 unspecified atom stereocenters. The Bertz CT molecular complexity index is 1400. The van der Waals surface area contributed by atoms with Crippen LogP contribution in [0.4, 0.5) is 0 Å². The number of hydrogen-bond donors (Lipinski definition) is 8. The Morgan fingerprint density at radius 2 is 1.43 bits per heavy atom. The van der Waals surface area contributed by atoms with Crippen molar-refractivity contribution in [1.29, 1.82) is 0 Å². The maximum absolute atomic E-state index is 13.0. The molecule has 4 rings (SSSR count). The van der Waals surface area contributed by atoms with Crippen LogP contribution in [0, 0.1) is 0 Å². The summed E-state index contributed by atoms with van der Waals surface area (Å²) < 4.78 is 40.8. The van der Waals surface area contributed by atoms with Crippen LogP contribution in [0.3, 0.4) is 0 Å². The topological polar surface area (TPSA) is 244 Å². The molecule has 3 aliphatic rings. The molecular weight excluding hydrogens is 700 g/mol. The molecule has 16 heteroatoms. The predicted molar refractivity (Wildman–Crippen MR) is 186 cm³/mol. The molecule has 1 aromatic carbocycles. The highest BCUT2D eigenvalue weighted by Gasteiger charge is 2.52. The molecule has 0 bridgehead atoms. The number of aliphatic hydroxyl groups is 7. The summed E-state index contributed by atoms with van der Waals surface area (Å²) in [5, 5.41) is 84.5. The molecule has 16 nitrogen and oxygen atoms in total. The molecular formula is C37H54O16. The van der Waals surface area contributed by atoms with Crippen LogP contribution in [0.1, 0.15) is 53.0 Å². The smallest absolute Gasteiger partial charge is 0.331 e. The lowest BCUT2D eigenvalue weighted by atomic mass is 9.96. The van der Waals surface area contributed by atoms with Gasteiger partial charge in [-0.05, 0) is 71.2 Å². The van der Waals surface area contributed by atoms with Gasteiger partial charge in [-0.1, -0.05) is 29.9 Å². The summed E-state index contributed by atoms with van der Waals surface area (Å²) in [6, 6.07) is 6.00. The maximum atomic E-state index is 13.0. The van der Waals surface area contributed by atoms with Gasteiger partial charge < -0.3 is 74.0 Å². The molecule has 0 spiro atoms. The average molecular weight is 755 g/mol. The van der Waals surface area contributed by atoms with Crippen molar-refractivity contribution in [2.24, 2.45) is 0 Å². The minimum atomic E-state index is -1.77. The molecule has 3 fully saturated rings. The van der Waals surface area contributed by atoms with E-state index in [0.29, 0.717) is 18.4 Å². The van der Waals surface area contributed by atoms with Crippen LogP contribution < -0.4 is 0 Å². The summed E-state index contributed by atoms with van der Waals surface area (Å²) in [5.74, 6) is -0.826. The number of esters is 1. The minimum absolute atomic E-state index is 0.0376. The zero-order valence-corrected chi connectivity index (χ0v) is 30.5. The highest BCUT2D eigenvalue weighted by molar-refractivity contribution is 5.87. The molecule has 0 aromatic heterocycles. The first-order valence-corrected chi connectivity index (χ1v) is 17.6. The van der Waals surface area contributed by atoms with Gasteiger partial charge in [-0.25, -0.2) is 4.79 Å². The molecule has 8 N–H and O–H groups in total. The lowest BCUT2D eigenvalue weighted by molar-refractivity contribution is -0.362. The first kappa shape index (κ1) is 42.9. The van der Waals surface area contributed by atoms with Crippen molar-refractivity contribution in [2.45, 2.75) is 145 Å². The SMILES string of the molecule is C=C[C@@](C)(CCC=C(C)C)O[C@H]1O[C@@H](CO[C@@H]2O[C@@H](C)[C@H](OC(=O)C=Cc3ccc(O)cc3)[C@H](O[C@@H]3O[C@@H](C)[C@H](O)[C@H](O)[C@H]3O)[C@H]2O)[C@H](O)[C@@H](O)[C@@H]1O. The van der Waals surface area contributed by atoms with Crippen LogP contribution in [0.15, 0.2) is 54.6 Å². The second kappa shape index (κ2) is 18.7. The highest BCUT2D eigenvalue weighted by atomic mass is 16.8. The monoisotopic (exact) mass is 754 g/mol. The van der Waals surface area contributed by atoms with Gasteiger partial charge in [0, 0.05) is 6.08 Å². The van der Waals surface area contributed by atoms with Gasteiger partial charge in [-0.2, -0.15) is 0 Å². The van der Waals surface area contributed by atoms with Crippen molar-refractivity contribution < 1.29 is 78.8 Å². The summed E-state index contributed by atoms with van der Waals surface area (Å²) in [4.78, 5) is 13.0. The van der Waals surface area contributed by atoms with E-state index in [-0.39, 0.29) is 5.75 Å². The summed E-state index contributed by atoms with van der Waals surface area (Å²) in [7, 11) is 0. The zero-order chi connectivity index (χ0) is 39.2. The number of carbonyl (C=O) groups is 1. The van der Waals surface area contributed by atoms with Crippen molar-refractivity contribution in [1.82, 2.24) is 0 Å². The van der Waals surface area contributed by atoms with Gasteiger partial charge in [0.2, 0.25) is 0 Å². The summed E-state index contributed by atoms with van der Waals surface area (Å²) >= 11 is 0. The van der Waals surface area contributed by atoms with E-state index >= 15 is 0 Å². The number of aromatic hydroxyl groups is 1. The van der Waals surface area contributed by atoms with Gasteiger partial charge in [0.1, 0.15) is 60.7 Å². The Morgan fingerprint density at radius 3 is 2.08 bits per heavy atom. The number of rotatable bonds is 14. The van der Waals surface area contributed by atoms with Crippen LogP contribution in [0.2, 0.25) is 0 Å². The molecule has 0 saturated carbocycles. The van der Waals surface area contributed by atoms with Gasteiger partial charge in [-0.15, -0.1) is 6.58 Å². The van der Waals surface area contributed by atoms with Crippen LogP contribution >= 0.6 is 0 Å². The summed E-state index contributed by atoms with van der Waals surface area (Å²) in [5.41, 5.74) is 0.701. The Kier molecular flexibility index (Phi) is 15.1. The number of phenols is 1. The average Bonchev–Trinajstić information content (AvgIpc) is 3.12. The summed E-state index contributed by atoms with van der Waals surface area (Å²) in [6.07, 6.45) is -15.1. The van der Waals surface area contributed by atoms with Crippen molar-refractivity contribution in [3.05, 3.63) is 60.2 Å². The quantitative estimate of drug-likeness (QED) is 0.0717. The molecule has 0 amide bonds. The van der Waals surface area contributed by atoms with E-state index in [0.717, 1.165) is 11.6 Å². The second-order valence-electron chi connectivity index (χ2n) is 14.1. The van der Waals surface area contributed by atoms with Crippen LogP contribution in [0.5, 0.6) is 5.75 Å². The summed E-state index contributed by atoms with van der Waals surface area (Å²) in [6.45, 7) is 11.9. The van der Waals surface area contributed by atoms with Crippen molar-refractivity contribution in [3.8, 4) is 5.75 Å². The lowest BCUT2D eigenvalue weighted by Gasteiger charge is -2.47. The molecule has 16 atom stereocenters. The van der Waals surface area contributed by atoms with Gasteiger partial charge in [0.25, 0.3) is 0 Å². The first-order chi connectivity index (χ1) is 24.9. The van der Waals surface area contributed by atoms with Crippen molar-refractivity contribution in [2.75, 3.05) is 6.61 Å². The van der Waals surface area contributed by atoms with Gasteiger partial charge in [0.15, 0.2) is 25.0 Å². The fourth-order valence-electron chi connectivity index (χ4n) is 6.11. The zero-order valence-electron chi connectivity index (χ0n) is 30.5. The second-order valence-corrected chi connectivity index (χ2v) is 14.1. The third-order valence-corrected chi connectivity index (χ3v) is 9.51. The van der Waals surface area contributed by atoms with Crippen LogP contribution in [0.25, 0.3) is 6.08 Å². The maximum Gasteiger partial charge on any atom is 0.331 e. The van der Waals surface area contributed by atoms with Gasteiger partial charge in [0.05, 0.1) is 24.4 Å². The van der Waals surface area contributed by atoms with Crippen molar-refractivity contribution >= 4 is 12.0 Å². The number of allylic oxidation sites excluding steroid dienone is 2. The Morgan fingerprint density at radius 1 is 0.811 bits per heavy atom. The largest absolute Gasteiger partial charge is 0.508 e. The van der Waals surface area contributed by atoms with E-state index in [2.05, 4.69) is 6.58 Å². The normalized spacial score (nSPS) is 38.9. The molecule has 3 aliphatic heterocycles. The van der Waals surface area contributed by atoms with Crippen LogP contribution in [-0.2, 0) is 38.0 Å². The van der Waals surface area contributed by atoms with E-state index in [4.69, 9.17) is 33.2 Å². The molecule has 0 radical (unpaired) electrons. The van der Waals surface area contributed by atoms with Crippen LogP contribution in [-0.4, -0.2) is 151 Å². The van der Waals surface area contributed by atoms with E-state index in [1.807, 2.05) is 19.9 Å². The molecule has 53 heavy (non-hydrogen) atoms. The fourth-order valence-corrected chi connectivity index (χ4v) is 6.11. The Balaban J connectivity index is 1.50. The van der Waals surface area contributed by atoms with E-state index in [1.54, 1.807) is 25.1 Å². The fraction of sp³-hybridized carbons (Fsp3) is 0.649. The number of benzene rings is 1. The van der Waals surface area contributed by atoms with Gasteiger partial charge >= 0.3 is 5.97 Å². The van der Waals surface area contributed by atoms with E-state index in [1.165, 1.54) is 32.1 Å². The molecule has 298 valence electrons. The van der Waals surface area contributed by atoms with Crippen molar-refractivity contribution in [3.63, 3.8) is 0 Å². The molecule has 3 saturated heterocycles. The third-order valence-electron chi connectivity index (χ3n) is 9.51. The number of carbonyl (C=O) groups excluding carboxylic acids is 1. The van der Waals surface area contributed by atoms with E-state index in [9.17, 15) is 45.6 Å². The number of phenolic OH excluding ortho intramolecular Hbond substituents is 1. The Labute approximate surface area is 308 Å². The number of aliphatic hydroxyl groups excluding tert-OH is 7. The van der Waals surface area contributed by atoms with Gasteiger partial charge in [-0.3, -0.25) is 0 Å². The molecule has 1 aromatic rings. The Hall–Kier alpha value is -2.81. The standard InChI is InChI=1S/C37H54O16/c1-7-37(6,16-8-9-18(2)3)53-36-30(45)28(43)26(41)23(50-36)17-47-34-31(46)33(52-35-29(44)27(42)25(40)19(4)48-35)32(20(5)49-34)51-24(39)15-12-21-10-13-22(38)14-11-21/h7,9-15,19-20,23,25-36,38,40-46H,1,8,16-17H2,2-6H3/t19-,20-,23-,25-,26-,27-,28+,29+,30-,31+,32-,33+,34+,35-,36+,37-/m0/s1. The van der Waals surface area contributed by atoms with E-state index < -0.39 is 110 Å². The lowest BCUT2D eigenvalue weighted by Crippen LogP contribution is -2.64. The molecule has 3 heterocycles. The minimum Gasteiger partial charge on any atom is -0.508 e. The molecule has 0 aliphatic carbocycles. The third kappa shape index (κ3) is 10.9. The number of hydrogen-bond acceptors (Lipinski definition) is 16. The first-order valence-electron chi connectivity index (χ1n) is 17.6.